The number of aromatic carboxylic acids is 1. The highest BCUT2D eigenvalue weighted by atomic mass is 19.4. The molecule has 1 rings (SSSR count). The van der Waals surface area contributed by atoms with Crippen LogP contribution in [0.15, 0.2) is 6.07 Å². The van der Waals surface area contributed by atoms with Crippen molar-refractivity contribution in [3.05, 3.63) is 28.8 Å². The molecule has 0 atom stereocenters. The Morgan fingerprint density at radius 3 is 2.24 bits per heavy atom. The molecule has 0 bridgehead atoms. The largest absolute Gasteiger partial charge is 0.476 e. The summed E-state index contributed by atoms with van der Waals surface area (Å²) in [6.07, 6.45) is -8.70. The van der Waals surface area contributed by atoms with Gasteiger partial charge in [-0.25, -0.2) is 22.9 Å². The summed E-state index contributed by atoms with van der Waals surface area (Å²) in [6, 6.07) is -0.308. The summed E-state index contributed by atoms with van der Waals surface area (Å²) in [5.74, 6) is -4.07. The molecular formula is C8H3F6NO2. The maximum atomic E-state index is 12.8. The van der Waals surface area contributed by atoms with Crippen LogP contribution in [0.3, 0.4) is 0 Å². The molecule has 0 unspecified atom stereocenters. The first-order valence-electron chi connectivity index (χ1n) is 3.93. The van der Waals surface area contributed by atoms with E-state index < -0.39 is 41.3 Å². The summed E-state index contributed by atoms with van der Waals surface area (Å²) >= 11 is 0. The molecule has 0 aliphatic heterocycles. The zero-order chi connectivity index (χ0) is 13.4. The highest BCUT2D eigenvalue weighted by molar-refractivity contribution is 5.87. The molecular weight excluding hydrogens is 256 g/mol. The number of hydrogen-bond donors (Lipinski definition) is 1. The van der Waals surface area contributed by atoms with Gasteiger partial charge in [0.2, 0.25) is 0 Å². The Hall–Kier alpha value is -1.80. The van der Waals surface area contributed by atoms with Crippen LogP contribution in [-0.4, -0.2) is 16.1 Å². The normalized spacial score (nSPS) is 11.9. The van der Waals surface area contributed by atoms with Crippen molar-refractivity contribution in [1.82, 2.24) is 4.98 Å². The van der Waals surface area contributed by atoms with Crippen LogP contribution in [0.2, 0.25) is 0 Å². The standard InChI is InChI=1S/C8H3F6NO2/c9-3-1-2(8(12,13)14)4(7(16)17)15-5(3)6(10)11/h1,6H,(H,16,17). The SMILES string of the molecule is O=C(O)c1nc(C(F)F)c(F)cc1C(F)(F)F. The van der Waals surface area contributed by atoms with E-state index in [4.69, 9.17) is 5.11 Å². The Balaban J connectivity index is 3.53. The number of rotatable bonds is 2. The van der Waals surface area contributed by atoms with Gasteiger partial charge in [0.25, 0.3) is 6.43 Å². The van der Waals surface area contributed by atoms with E-state index in [2.05, 4.69) is 4.98 Å². The van der Waals surface area contributed by atoms with Gasteiger partial charge in [-0.05, 0) is 6.07 Å². The lowest BCUT2D eigenvalue weighted by atomic mass is 10.1. The number of halogens is 6. The van der Waals surface area contributed by atoms with Gasteiger partial charge < -0.3 is 5.11 Å². The van der Waals surface area contributed by atoms with Gasteiger partial charge in [0.1, 0.15) is 5.69 Å². The zero-order valence-corrected chi connectivity index (χ0v) is 7.73. The monoisotopic (exact) mass is 259 g/mol. The minimum Gasteiger partial charge on any atom is -0.476 e. The van der Waals surface area contributed by atoms with Gasteiger partial charge in [0.05, 0.1) is 5.56 Å². The number of carboxylic acid groups (broad SMARTS) is 1. The number of nitrogens with zero attached hydrogens (tertiary/aromatic N) is 1. The van der Waals surface area contributed by atoms with Crippen LogP contribution in [0.1, 0.15) is 28.2 Å². The van der Waals surface area contributed by atoms with Gasteiger partial charge in [-0.15, -0.1) is 0 Å². The van der Waals surface area contributed by atoms with E-state index in [-0.39, 0.29) is 6.07 Å². The lowest BCUT2D eigenvalue weighted by molar-refractivity contribution is -0.138. The van der Waals surface area contributed by atoms with Crippen molar-refractivity contribution in [2.24, 2.45) is 0 Å². The summed E-state index contributed by atoms with van der Waals surface area (Å²) in [7, 11) is 0. The van der Waals surface area contributed by atoms with Crippen LogP contribution in [0.5, 0.6) is 0 Å². The average Bonchev–Trinajstić information content (AvgIpc) is 2.14. The molecule has 17 heavy (non-hydrogen) atoms. The third kappa shape index (κ3) is 2.66. The zero-order valence-electron chi connectivity index (χ0n) is 7.73. The molecule has 0 fully saturated rings. The van der Waals surface area contributed by atoms with Crippen molar-refractivity contribution in [3.8, 4) is 0 Å². The van der Waals surface area contributed by atoms with Crippen molar-refractivity contribution in [3.63, 3.8) is 0 Å². The molecule has 0 aromatic carbocycles. The van der Waals surface area contributed by atoms with Gasteiger partial charge >= 0.3 is 12.1 Å². The first-order valence-corrected chi connectivity index (χ1v) is 3.93. The smallest absolute Gasteiger partial charge is 0.418 e. The predicted molar refractivity (Wildman–Crippen MR) is 41.1 cm³/mol. The van der Waals surface area contributed by atoms with Crippen molar-refractivity contribution in [2.45, 2.75) is 12.6 Å². The number of alkyl halides is 5. The van der Waals surface area contributed by atoms with Crippen LogP contribution < -0.4 is 0 Å². The van der Waals surface area contributed by atoms with E-state index in [0.717, 1.165) is 0 Å². The minimum absolute atomic E-state index is 0.308. The summed E-state index contributed by atoms with van der Waals surface area (Å²) in [5, 5.41) is 8.40. The first-order chi connectivity index (χ1) is 7.64. The van der Waals surface area contributed by atoms with E-state index in [0.29, 0.717) is 0 Å². The molecule has 0 aliphatic rings. The van der Waals surface area contributed by atoms with E-state index in [1.165, 1.54) is 0 Å². The first kappa shape index (κ1) is 13.3. The van der Waals surface area contributed by atoms with Crippen LogP contribution in [0.25, 0.3) is 0 Å². The Morgan fingerprint density at radius 2 is 1.88 bits per heavy atom. The Labute approximate surface area is 89.7 Å². The van der Waals surface area contributed by atoms with Crippen molar-refractivity contribution < 1.29 is 36.2 Å². The summed E-state index contributed by atoms with van der Waals surface area (Å²) < 4.78 is 73.9. The van der Waals surface area contributed by atoms with Gasteiger partial charge in [0, 0.05) is 0 Å². The molecule has 1 aromatic heterocycles. The number of carbonyl (C=O) groups is 1. The molecule has 1 heterocycles. The predicted octanol–water partition coefficient (Wildman–Crippen LogP) is 2.88. The second kappa shape index (κ2) is 4.22. The lowest BCUT2D eigenvalue weighted by Crippen LogP contribution is -2.17. The molecule has 0 spiro atoms. The molecule has 0 saturated heterocycles. The maximum Gasteiger partial charge on any atom is 0.418 e. The fourth-order valence-corrected chi connectivity index (χ4v) is 1.04. The van der Waals surface area contributed by atoms with Gasteiger partial charge in [-0.2, -0.15) is 13.2 Å². The topological polar surface area (TPSA) is 50.2 Å². The Kier molecular flexibility index (Phi) is 3.30. The summed E-state index contributed by atoms with van der Waals surface area (Å²) in [4.78, 5) is 12.9. The van der Waals surface area contributed by atoms with Crippen molar-refractivity contribution >= 4 is 5.97 Å². The maximum absolute atomic E-state index is 12.8. The minimum atomic E-state index is -5.19. The highest BCUT2D eigenvalue weighted by Gasteiger charge is 2.38. The van der Waals surface area contributed by atoms with Gasteiger partial charge in [-0.3, -0.25) is 0 Å². The molecule has 0 radical (unpaired) electrons. The van der Waals surface area contributed by atoms with E-state index in [9.17, 15) is 31.1 Å². The molecule has 0 aliphatic carbocycles. The van der Waals surface area contributed by atoms with E-state index in [1.54, 1.807) is 0 Å². The third-order valence-corrected chi connectivity index (χ3v) is 1.72. The molecule has 0 amide bonds. The van der Waals surface area contributed by atoms with E-state index >= 15 is 0 Å². The summed E-state index contributed by atoms with van der Waals surface area (Å²) in [5.41, 5.74) is -5.20. The van der Waals surface area contributed by atoms with Crippen molar-refractivity contribution in [1.29, 1.82) is 0 Å². The molecule has 1 aromatic rings. The van der Waals surface area contributed by atoms with E-state index in [1.807, 2.05) is 0 Å². The second-order valence-electron chi connectivity index (χ2n) is 2.86. The Bertz CT molecular complexity index is 456. The van der Waals surface area contributed by atoms with Crippen LogP contribution in [0.4, 0.5) is 26.3 Å². The Morgan fingerprint density at radius 1 is 1.35 bits per heavy atom. The quantitative estimate of drug-likeness (QED) is 0.831. The fourth-order valence-electron chi connectivity index (χ4n) is 1.04. The van der Waals surface area contributed by atoms with Gasteiger partial charge in [-0.1, -0.05) is 0 Å². The molecule has 9 heteroatoms. The van der Waals surface area contributed by atoms with Crippen LogP contribution in [-0.2, 0) is 6.18 Å². The van der Waals surface area contributed by atoms with Gasteiger partial charge in [0.15, 0.2) is 11.5 Å². The average molecular weight is 259 g/mol. The molecule has 0 saturated carbocycles. The fraction of sp³-hybridized carbons (Fsp3) is 0.250. The van der Waals surface area contributed by atoms with Crippen LogP contribution >= 0.6 is 0 Å². The summed E-state index contributed by atoms with van der Waals surface area (Å²) in [6.45, 7) is 0. The lowest BCUT2D eigenvalue weighted by Gasteiger charge is -2.11. The molecule has 3 nitrogen and oxygen atoms in total. The number of aromatic nitrogens is 1. The second-order valence-corrected chi connectivity index (χ2v) is 2.86. The van der Waals surface area contributed by atoms with Crippen molar-refractivity contribution in [2.75, 3.05) is 0 Å². The van der Waals surface area contributed by atoms with Crippen LogP contribution in [0, 0.1) is 5.82 Å². The highest BCUT2D eigenvalue weighted by Crippen LogP contribution is 2.33. The number of hydrogen-bond acceptors (Lipinski definition) is 2. The number of pyridine rings is 1. The molecule has 1 N–H and O–H groups in total. The number of carboxylic acids is 1. The molecule has 94 valence electrons. The third-order valence-electron chi connectivity index (χ3n) is 1.72.